The number of para-hydroxylation sites is 3. The molecule has 0 spiro atoms. The standard InChI is InChI=1S/C24H15N2/c1-3-10-21-17(6-1)19-13-12-15(14-23(19)25-21)16-8-5-9-20-18-7-2-4-11-22(18)26-24(16)20/h1-12,26H,13H2. The monoisotopic (exact) mass is 331 g/mol. The predicted molar refractivity (Wildman–Crippen MR) is 106 cm³/mol. The van der Waals surface area contributed by atoms with Crippen LogP contribution in [0.25, 0.3) is 33.0 Å². The summed E-state index contributed by atoms with van der Waals surface area (Å²) >= 11 is 0. The average molecular weight is 331 g/mol. The number of nitrogens with zero attached hydrogens (tertiary/aromatic N) is 1. The van der Waals surface area contributed by atoms with E-state index in [1.165, 1.54) is 38.2 Å². The third kappa shape index (κ3) is 1.84. The molecular weight excluding hydrogens is 316 g/mol. The van der Waals surface area contributed by atoms with Gasteiger partial charge in [0.2, 0.25) is 0 Å². The molecule has 1 radical (unpaired) electrons. The quantitative estimate of drug-likeness (QED) is 0.539. The zero-order chi connectivity index (χ0) is 17.1. The number of nitrogens with one attached hydrogen (secondary N) is 1. The average Bonchev–Trinajstić information content (AvgIpc) is 3.25. The molecule has 0 bridgehead atoms. The van der Waals surface area contributed by atoms with E-state index in [0.29, 0.717) is 0 Å². The fourth-order valence-corrected chi connectivity index (χ4v) is 4.11. The summed E-state index contributed by atoms with van der Waals surface area (Å²) < 4.78 is 0. The summed E-state index contributed by atoms with van der Waals surface area (Å²) in [5.41, 5.74) is 6.93. The van der Waals surface area contributed by atoms with Gasteiger partial charge in [-0.15, -0.1) is 0 Å². The molecular formula is C24H15N2. The summed E-state index contributed by atoms with van der Waals surface area (Å²) in [7, 11) is 0. The maximum atomic E-state index is 4.79. The Morgan fingerprint density at radius 1 is 0.846 bits per heavy atom. The topological polar surface area (TPSA) is 28.1 Å². The van der Waals surface area contributed by atoms with E-state index in [2.05, 4.69) is 77.8 Å². The largest absolute Gasteiger partial charge is 0.354 e. The van der Waals surface area contributed by atoms with Crippen molar-refractivity contribution in [2.45, 2.75) is 6.42 Å². The normalized spacial score (nSPS) is 15.5. The number of fused-ring (bicyclic) bond motifs is 5. The Bertz CT molecular complexity index is 1400. The third-order valence-corrected chi connectivity index (χ3v) is 5.34. The van der Waals surface area contributed by atoms with Crippen molar-refractivity contribution in [2.75, 3.05) is 0 Å². The number of aromatic amines is 1. The summed E-state index contributed by atoms with van der Waals surface area (Å²) in [6.45, 7) is 0. The molecule has 2 nitrogen and oxygen atoms in total. The van der Waals surface area contributed by atoms with Crippen LogP contribution in [0, 0.1) is 6.08 Å². The number of benzene rings is 3. The van der Waals surface area contributed by atoms with E-state index in [-0.39, 0.29) is 0 Å². The fraction of sp³-hybridized carbons (Fsp3) is 0.0417. The first-order valence-electron chi connectivity index (χ1n) is 8.90. The molecule has 2 aliphatic rings. The Kier molecular flexibility index (Phi) is 2.69. The van der Waals surface area contributed by atoms with Crippen LogP contribution in [0.15, 0.2) is 83.5 Å². The Labute approximate surface area is 150 Å². The summed E-state index contributed by atoms with van der Waals surface area (Å²) in [6, 6.07) is 23.3. The molecule has 3 aromatic carbocycles. The molecule has 1 aliphatic heterocycles. The minimum absolute atomic E-state index is 0.898. The van der Waals surface area contributed by atoms with E-state index >= 15 is 0 Å². The minimum Gasteiger partial charge on any atom is -0.354 e. The lowest BCUT2D eigenvalue weighted by Crippen LogP contribution is -2.21. The van der Waals surface area contributed by atoms with Crippen molar-refractivity contribution < 1.29 is 0 Å². The first-order chi connectivity index (χ1) is 12.9. The van der Waals surface area contributed by atoms with Gasteiger partial charge in [-0.25, -0.2) is 4.99 Å². The van der Waals surface area contributed by atoms with Crippen molar-refractivity contribution in [1.82, 2.24) is 4.98 Å². The smallest absolute Gasteiger partial charge is 0.0764 e. The van der Waals surface area contributed by atoms with Crippen molar-refractivity contribution in [3.05, 3.63) is 101 Å². The Morgan fingerprint density at radius 2 is 1.69 bits per heavy atom. The van der Waals surface area contributed by atoms with Crippen molar-refractivity contribution in [3.8, 4) is 0 Å². The van der Waals surface area contributed by atoms with Crippen LogP contribution >= 0.6 is 0 Å². The SMILES string of the molecule is [C]1=C2N=c3ccccc3=C2CC=C1c1cccc2c1[nH]c1ccccc12. The van der Waals surface area contributed by atoms with Crippen LogP contribution in [-0.2, 0) is 0 Å². The van der Waals surface area contributed by atoms with E-state index < -0.39 is 0 Å². The van der Waals surface area contributed by atoms with E-state index in [1.54, 1.807) is 0 Å². The van der Waals surface area contributed by atoms with Crippen LogP contribution in [0.2, 0.25) is 0 Å². The van der Waals surface area contributed by atoms with Gasteiger partial charge >= 0.3 is 0 Å². The number of hydrogen-bond acceptors (Lipinski definition) is 1. The van der Waals surface area contributed by atoms with Crippen molar-refractivity contribution in [3.63, 3.8) is 0 Å². The van der Waals surface area contributed by atoms with Crippen LogP contribution in [-0.4, -0.2) is 4.98 Å². The van der Waals surface area contributed by atoms with E-state index in [4.69, 9.17) is 4.99 Å². The lowest BCUT2D eigenvalue weighted by Gasteiger charge is -2.12. The number of allylic oxidation sites excluding steroid dienone is 4. The van der Waals surface area contributed by atoms with Gasteiger partial charge in [0.15, 0.2) is 0 Å². The van der Waals surface area contributed by atoms with Gasteiger partial charge < -0.3 is 4.98 Å². The molecule has 1 aromatic heterocycles. The molecule has 0 saturated heterocycles. The predicted octanol–water partition coefficient (Wildman–Crippen LogP) is 4.28. The molecule has 2 heterocycles. The maximum Gasteiger partial charge on any atom is 0.0764 e. The van der Waals surface area contributed by atoms with Crippen LogP contribution < -0.4 is 10.6 Å². The molecule has 1 N–H and O–H groups in total. The highest BCUT2D eigenvalue weighted by Crippen LogP contribution is 2.35. The zero-order valence-corrected chi connectivity index (χ0v) is 14.1. The summed E-state index contributed by atoms with van der Waals surface area (Å²) in [4.78, 5) is 8.38. The number of H-pyrrole nitrogens is 1. The molecule has 6 rings (SSSR count). The van der Waals surface area contributed by atoms with Gasteiger partial charge in [-0.3, -0.25) is 0 Å². The van der Waals surface area contributed by atoms with Gasteiger partial charge in [0.1, 0.15) is 0 Å². The van der Waals surface area contributed by atoms with E-state index in [0.717, 1.165) is 23.0 Å². The molecule has 2 heteroatoms. The first-order valence-corrected chi connectivity index (χ1v) is 8.90. The molecule has 0 unspecified atom stereocenters. The maximum absolute atomic E-state index is 4.79. The summed E-state index contributed by atoms with van der Waals surface area (Å²) in [5.74, 6) is 0. The summed E-state index contributed by atoms with van der Waals surface area (Å²) in [5, 5.41) is 4.82. The van der Waals surface area contributed by atoms with Gasteiger partial charge in [0.25, 0.3) is 0 Å². The lowest BCUT2D eigenvalue weighted by atomic mass is 9.93. The number of rotatable bonds is 1. The molecule has 4 aromatic rings. The highest BCUT2D eigenvalue weighted by molar-refractivity contribution is 6.10. The molecule has 26 heavy (non-hydrogen) atoms. The number of aromatic nitrogens is 1. The molecule has 0 amide bonds. The Hall–Kier alpha value is -3.39. The van der Waals surface area contributed by atoms with Crippen LogP contribution in [0.1, 0.15) is 12.0 Å². The lowest BCUT2D eigenvalue weighted by molar-refractivity contribution is 1.26. The highest BCUT2D eigenvalue weighted by Gasteiger charge is 2.19. The Balaban J connectivity index is 1.57. The van der Waals surface area contributed by atoms with Gasteiger partial charge in [0.05, 0.1) is 16.6 Å². The Morgan fingerprint density at radius 3 is 2.69 bits per heavy atom. The second-order valence-corrected chi connectivity index (χ2v) is 6.80. The van der Waals surface area contributed by atoms with E-state index in [9.17, 15) is 0 Å². The van der Waals surface area contributed by atoms with Gasteiger partial charge in [0, 0.05) is 33.1 Å². The highest BCUT2D eigenvalue weighted by atomic mass is 14.8. The molecule has 0 saturated carbocycles. The van der Waals surface area contributed by atoms with Crippen LogP contribution in [0.3, 0.4) is 0 Å². The second kappa shape index (κ2) is 5.06. The van der Waals surface area contributed by atoms with Gasteiger partial charge in [-0.1, -0.05) is 60.7 Å². The van der Waals surface area contributed by atoms with Crippen LogP contribution in [0.5, 0.6) is 0 Å². The molecule has 1 aliphatic carbocycles. The van der Waals surface area contributed by atoms with Gasteiger partial charge in [-0.05, 0) is 29.7 Å². The first kappa shape index (κ1) is 13.9. The molecule has 0 atom stereocenters. The fourth-order valence-electron chi connectivity index (χ4n) is 4.11. The van der Waals surface area contributed by atoms with Crippen molar-refractivity contribution >= 4 is 33.0 Å². The van der Waals surface area contributed by atoms with Gasteiger partial charge in [-0.2, -0.15) is 0 Å². The van der Waals surface area contributed by atoms with Crippen LogP contribution in [0.4, 0.5) is 0 Å². The van der Waals surface area contributed by atoms with E-state index in [1.807, 2.05) is 6.07 Å². The third-order valence-electron chi connectivity index (χ3n) is 5.34. The second-order valence-electron chi connectivity index (χ2n) is 6.80. The molecule has 121 valence electrons. The molecule has 0 fully saturated rings. The summed E-state index contributed by atoms with van der Waals surface area (Å²) in [6.07, 6.45) is 6.74. The minimum atomic E-state index is 0.898. The van der Waals surface area contributed by atoms with Crippen molar-refractivity contribution in [2.24, 2.45) is 4.99 Å². The zero-order valence-electron chi connectivity index (χ0n) is 14.1. The number of hydrogen-bond donors (Lipinski definition) is 1. The van der Waals surface area contributed by atoms with Crippen molar-refractivity contribution in [1.29, 1.82) is 0 Å².